The minimum Gasteiger partial charge on any atom is -0.323 e. The fourth-order valence-corrected chi connectivity index (χ4v) is 2.46. The maximum Gasteiger partial charge on any atom is 0.0537 e. The summed E-state index contributed by atoms with van der Waals surface area (Å²) >= 11 is 3.57. The van der Waals surface area contributed by atoms with Crippen molar-refractivity contribution in [1.82, 2.24) is 14.7 Å². The molecule has 0 radical (unpaired) electrons. The molecule has 1 aromatic heterocycles. The van der Waals surface area contributed by atoms with Gasteiger partial charge in [0.25, 0.3) is 0 Å². The van der Waals surface area contributed by atoms with E-state index in [1.807, 2.05) is 25.5 Å². The van der Waals surface area contributed by atoms with Crippen LogP contribution in [0.15, 0.2) is 41.1 Å². The smallest absolute Gasteiger partial charge is 0.0537 e. The Labute approximate surface area is 122 Å². The van der Waals surface area contributed by atoms with Crippen LogP contribution in [0.3, 0.4) is 0 Å². The van der Waals surface area contributed by atoms with E-state index in [9.17, 15) is 0 Å². The van der Waals surface area contributed by atoms with Crippen molar-refractivity contribution in [2.45, 2.75) is 12.6 Å². The molecule has 0 aliphatic heterocycles. The van der Waals surface area contributed by atoms with E-state index in [1.54, 1.807) is 4.68 Å². The second-order valence-corrected chi connectivity index (χ2v) is 5.70. The summed E-state index contributed by atoms with van der Waals surface area (Å²) in [7, 11) is 3.98. The first-order chi connectivity index (χ1) is 9.06. The van der Waals surface area contributed by atoms with Crippen molar-refractivity contribution < 1.29 is 0 Å². The van der Waals surface area contributed by atoms with E-state index in [1.165, 1.54) is 5.56 Å². The summed E-state index contributed by atoms with van der Waals surface area (Å²) in [5.74, 6) is 0. The van der Waals surface area contributed by atoms with Gasteiger partial charge in [-0.15, -0.1) is 0 Å². The lowest BCUT2D eigenvalue weighted by atomic mass is 10.1. The molecule has 0 aliphatic rings. The van der Waals surface area contributed by atoms with Crippen LogP contribution in [0.2, 0.25) is 0 Å². The molecule has 0 spiro atoms. The highest BCUT2D eigenvalue weighted by atomic mass is 79.9. The van der Waals surface area contributed by atoms with Gasteiger partial charge in [0.15, 0.2) is 0 Å². The van der Waals surface area contributed by atoms with Gasteiger partial charge in [-0.1, -0.05) is 34.1 Å². The topological polar surface area (TPSA) is 47.1 Å². The van der Waals surface area contributed by atoms with Gasteiger partial charge in [-0.25, -0.2) is 0 Å². The molecule has 2 aromatic rings. The number of halogens is 1. The highest BCUT2D eigenvalue weighted by Crippen LogP contribution is 2.18. The zero-order valence-electron chi connectivity index (χ0n) is 11.3. The third kappa shape index (κ3) is 3.89. The lowest BCUT2D eigenvalue weighted by Gasteiger charge is -2.21. The summed E-state index contributed by atoms with van der Waals surface area (Å²) in [6.45, 7) is 1.67. The molecule has 5 heteroatoms. The number of nitrogens with two attached hydrogens (primary N) is 1. The molecule has 2 N–H and O–H groups in total. The van der Waals surface area contributed by atoms with Crippen molar-refractivity contribution in [3.05, 3.63) is 52.3 Å². The zero-order chi connectivity index (χ0) is 13.8. The molecule has 2 rings (SSSR count). The van der Waals surface area contributed by atoms with E-state index in [2.05, 4.69) is 51.2 Å². The van der Waals surface area contributed by atoms with E-state index in [0.29, 0.717) is 0 Å². The number of likely N-dealkylation sites (N-methyl/N-ethyl adjacent to an activating group) is 1. The maximum atomic E-state index is 6.19. The van der Waals surface area contributed by atoms with Crippen molar-refractivity contribution in [2.24, 2.45) is 12.8 Å². The Morgan fingerprint density at radius 1 is 1.42 bits per heavy atom. The minimum absolute atomic E-state index is 0.0128. The molecule has 1 aromatic carbocycles. The summed E-state index contributed by atoms with van der Waals surface area (Å²) in [6.07, 6.45) is 3.80. The first-order valence-electron chi connectivity index (χ1n) is 6.22. The van der Waals surface area contributed by atoms with Crippen LogP contribution in [-0.2, 0) is 13.6 Å². The first-order valence-corrected chi connectivity index (χ1v) is 7.01. The highest BCUT2D eigenvalue weighted by molar-refractivity contribution is 9.10. The molecule has 19 heavy (non-hydrogen) atoms. The third-order valence-corrected chi connectivity index (χ3v) is 3.83. The predicted octanol–water partition coefficient (Wildman–Crippen LogP) is 2.31. The SMILES string of the molecule is CN(Cc1ccccc1Br)CC(N)c1cnn(C)c1. The van der Waals surface area contributed by atoms with Gasteiger partial charge in [0, 0.05) is 42.4 Å². The Bertz CT molecular complexity index is 538. The summed E-state index contributed by atoms with van der Waals surface area (Å²) < 4.78 is 2.92. The summed E-state index contributed by atoms with van der Waals surface area (Å²) in [4.78, 5) is 2.22. The Hall–Kier alpha value is -1.17. The van der Waals surface area contributed by atoms with E-state index in [-0.39, 0.29) is 6.04 Å². The van der Waals surface area contributed by atoms with Crippen LogP contribution in [0.5, 0.6) is 0 Å². The van der Waals surface area contributed by atoms with Gasteiger partial charge in [0.2, 0.25) is 0 Å². The van der Waals surface area contributed by atoms with E-state index < -0.39 is 0 Å². The molecule has 0 aliphatic carbocycles. The predicted molar refractivity (Wildman–Crippen MR) is 80.6 cm³/mol. The van der Waals surface area contributed by atoms with Crippen LogP contribution in [0.4, 0.5) is 0 Å². The average molecular weight is 323 g/mol. The van der Waals surface area contributed by atoms with Gasteiger partial charge in [-0.05, 0) is 18.7 Å². The number of benzene rings is 1. The molecular weight excluding hydrogens is 304 g/mol. The Kier molecular flexibility index (Phi) is 4.74. The van der Waals surface area contributed by atoms with Crippen molar-refractivity contribution in [2.75, 3.05) is 13.6 Å². The molecule has 1 atom stereocenters. The quantitative estimate of drug-likeness (QED) is 0.918. The molecule has 0 amide bonds. The summed E-state index contributed by atoms with van der Waals surface area (Å²) in [5, 5.41) is 4.15. The molecule has 0 saturated heterocycles. The standard InChI is InChI=1S/C14H19BrN4/c1-18(8-11-5-3-4-6-13(11)15)10-14(16)12-7-17-19(2)9-12/h3-7,9,14H,8,10,16H2,1-2H3. The lowest BCUT2D eigenvalue weighted by Crippen LogP contribution is -2.28. The average Bonchev–Trinajstić information content (AvgIpc) is 2.79. The normalized spacial score (nSPS) is 12.9. The largest absolute Gasteiger partial charge is 0.323 e. The second kappa shape index (κ2) is 6.32. The van der Waals surface area contributed by atoms with Gasteiger partial charge >= 0.3 is 0 Å². The summed E-state index contributed by atoms with van der Waals surface area (Å²) in [6, 6.07) is 8.24. The van der Waals surface area contributed by atoms with Gasteiger partial charge in [-0.3, -0.25) is 4.68 Å². The Morgan fingerprint density at radius 2 is 2.16 bits per heavy atom. The number of rotatable bonds is 5. The number of hydrogen-bond acceptors (Lipinski definition) is 3. The molecular formula is C14H19BrN4. The van der Waals surface area contributed by atoms with E-state index >= 15 is 0 Å². The van der Waals surface area contributed by atoms with Crippen molar-refractivity contribution in [3.8, 4) is 0 Å². The minimum atomic E-state index is -0.0128. The van der Waals surface area contributed by atoms with Gasteiger partial charge < -0.3 is 10.6 Å². The maximum absolute atomic E-state index is 6.19. The molecule has 1 heterocycles. The van der Waals surface area contributed by atoms with Crippen LogP contribution in [-0.4, -0.2) is 28.3 Å². The molecule has 1 unspecified atom stereocenters. The van der Waals surface area contributed by atoms with Crippen molar-refractivity contribution >= 4 is 15.9 Å². The molecule has 4 nitrogen and oxygen atoms in total. The van der Waals surface area contributed by atoms with Crippen LogP contribution >= 0.6 is 15.9 Å². The Balaban J connectivity index is 1.94. The fraction of sp³-hybridized carbons (Fsp3) is 0.357. The lowest BCUT2D eigenvalue weighted by molar-refractivity contribution is 0.304. The molecule has 0 fully saturated rings. The van der Waals surface area contributed by atoms with E-state index in [0.717, 1.165) is 23.1 Å². The van der Waals surface area contributed by atoms with Gasteiger partial charge in [0.05, 0.1) is 6.20 Å². The monoisotopic (exact) mass is 322 g/mol. The second-order valence-electron chi connectivity index (χ2n) is 4.84. The zero-order valence-corrected chi connectivity index (χ0v) is 12.8. The highest BCUT2D eigenvalue weighted by Gasteiger charge is 2.12. The van der Waals surface area contributed by atoms with Crippen molar-refractivity contribution in [1.29, 1.82) is 0 Å². The molecule has 0 bridgehead atoms. The van der Waals surface area contributed by atoms with Crippen molar-refractivity contribution in [3.63, 3.8) is 0 Å². The fourth-order valence-electron chi connectivity index (χ4n) is 2.05. The van der Waals surface area contributed by atoms with E-state index in [4.69, 9.17) is 5.73 Å². The number of aromatic nitrogens is 2. The molecule has 0 saturated carbocycles. The third-order valence-electron chi connectivity index (χ3n) is 3.06. The van der Waals surface area contributed by atoms with Crippen LogP contribution in [0.25, 0.3) is 0 Å². The number of aryl methyl sites for hydroxylation is 1. The van der Waals surface area contributed by atoms with Crippen LogP contribution < -0.4 is 5.73 Å². The number of nitrogens with zero attached hydrogens (tertiary/aromatic N) is 3. The van der Waals surface area contributed by atoms with Gasteiger partial charge in [0.1, 0.15) is 0 Å². The van der Waals surface area contributed by atoms with Crippen LogP contribution in [0.1, 0.15) is 17.2 Å². The first kappa shape index (κ1) is 14.2. The van der Waals surface area contributed by atoms with Gasteiger partial charge in [-0.2, -0.15) is 5.10 Å². The Morgan fingerprint density at radius 3 is 2.79 bits per heavy atom. The summed E-state index contributed by atoms with van der Waals surface area (Å²) in [5.41, 5.74) is 8.53. The molecule has 102 valence electrons. The number of hydrogen-bond donors (Lipinski definition) is 1. The van der Waals surface area contributed by atoms with Crippen LogP contribution in [0, 0.1) is 0 Å².